The molecule has 1 N–H and O–H groups in total. The highest BCUT2D eigenvalue weighted by molar-refractivity contribution is 5.19. The van der Waals surface area contributed by atoms with Gasteiger partial charge in [0.1, 0.15) is 0 Å². The van der Waals surface area contributed by atoms with Crippen molar-refractivity contribution < 1.29 is 0 Å². The van der Waals surface area contributed by atoms with Crippen molar-refractivity contribution in [3.05, 3.63) is 11.1 Å². The van der Waals surface area contributed by atoms with Gasteiger partial charge in [-0.05, 0) is 57.0 Å². The number of hydrogen-bond acceptors (Lipinski definition) is 1. The van der Waals surface area contributed by atoms with Crippen LogP contribution in [0.3, 0.4) is 0 Å². The fraction of sp³-hybridized carbons (Fsp3) is 0.846. The summed E-state index contributed by atoms with van der Waals surface area (Å²) in [5, 5.41) is 3.44. The van der Waals surface area contributed by atoms with Gasteiger partial charge in [0.25, 0.3) is 0 Å². The molecular formula is C13H23N. The molecule has 0 aromatic heterocycles. The molecule has 80 valence electrons. The van der Waals surface area contributed by atoms with Crippen LogP contribution >= 0.6 is 0 Å². The Morgan fingerprint density at radius 2 is 1.50 bits per heavy atom. The van der Waals surface area contributed by atoms with Crippen molar-refractivity contribution in [2.45, 2.75) is 46.0 Å². The van der Waals surface area contributed by atoms with Crippen molar-refractivity contribution in [3.63, 3.8) is 0 Å². The molecule has 1 saturated heterocycles. The fourth-order valence-corrected chi connectivity index (χ4v) is 3.15. The molecule has 2 atom stereocenters. The predicted molar refractivity (Wildman–Crippen MR) is 61.3 cm³/mol. The zero-order valence-corrected chi connectivity index (χ0v) is 9.60. The Morgan fingerprint density at radius 1 is 0.929 bits per heavy atom. The van der Waals surface area contributed by atoms with E-state index in [1.54, 1.807) is 5.57 Å². The van der Waals surface area contributed by atoms with Crippen molar-refractivity contribution in [1.29, 1.82) is 0 Å². The summed E-state index contributed by atoms with van der Waals surface area (Å²) in [5.74, 6) is 1.85. The van der Waals surface area contributed by atoms with Gasteiger partial charge in [0.15, 0.2) is 0 Å². The molecule has 1 aliphatic heterocycles. The van der Waals surface area contributed by atoms with E-state index in [0.717, 1.165) is 11.8 Å². The van der Waals surface area contributed by atoms with Gasteiger partial charge in [-0.2, -0.15) is 0 Å². The highest BCUT2D eigenvalue weighted by Crippen LogP contribution is 2.35. The summed E-state index contributed by atoms with van der Waals surface area (Å²) in [5.41, 5.74) is 3.61. The molecule has 2 aliphatic rings. The van der Waals surface area contributed by atoms with Gasteiger partial charge in [-0.15, -0.1) is 0 Å². The molecule has 0 bridgehead atoms. The van der Waals surface area contributed by atoms with Crippen LogP contribution in [0, 0.1) is 11.8 Å². The minimum absolute atomic E-state index is 0.927. The molecule has 1 aliphatic carbocycles. The van der Waals surface area contributed by atoms with Gasteiger partial charge in [0, 0.05) is 0 Å². The van der Waals surface area contributed by atoms with Gasteiger partial charge in [-0.25, -0.2) is 0 Å². The van der Waals surface area contributed by atoms with Crippen LogP contribution in [0.5, 0.6) is 0 Å². The van der Waals surface area contributed by atoms with Gasteiger partial charge in [0.05, 0.1) is 0 Å². The molecule has 0 radical (unpaired) electrons. The molecule has 2 rings (SSSR count). The summed E-state index contributed by atoms with van der Waals surface area (Å²) in [6.45, 7) is 7.25. The van der Waals surface area contributed by atoms with Crippen LogP contribution in [-0.2, 0) is 0 Å². The molecule has 0 aromatic rings. The van der Waals surface area contributed by atoms with Gasteiger partial charge in [-0.3, -0.25) is 0 Å². The van der Waals surface area contributed by atoms with E-state index in [0.29, 0.717) is 0 Å². The average molecular weight is 193 g/mol. The van der Waals surface area contributed by atoms with Crippen LogP contribution in [0.15, 0.2) is 11.1 Å². The average Bonchev–Trinajstić information content (AvgIpc) is 2.18. The Hall–Kier alpha value is -0.300. The molecule has 0 aromatic carbocycles. The number of hydrogen-bond donors (Lipinski definition) is 1. The number of allylic oxidation sites excluding steroid dienone is 1. The highest BCUT2D eigenvalue weighted by Gasteiger charge is 2.21. The number of nitrogens with one attached hydrogen (secondary N) is 1. The Kier molecular flexibility index (Phi) is 3.27. The first-order chi connectivity index (χ1) is 6.75. The van der Waals surface area contributed by atoms with E-state index in [1.807, 2.05) is 5.57 Å². The topological polar surface area (TPSA) is 12.0 Å². The van der Waals surface area contributed by atoms with E-state index < -0.39 is 0 Å². The standard InChI is InChI=1S/C13H23N/c1-10-7-11(2)9-13(8-10)12-3-5-14-6-4-12/h10-11,14H,3-9H2,1-2H3. The molecule has 1 heteroatoms. The molecule has 2 fully saturated rings. The maximum absolute atomic E-state index is 3.44. The Labute approximate surface area is 88.0 Å². The summed E-state index contributed by atoms with van der Waals surface area (Å²) in [6.07, 6.45) is 6.85. The Bertz CT molecular complexity index is 209. The van der Waals surface area contributed by atoms with E-state index in [2.05, 4.69) is 19.2 Å². The van der Waals surface area contributed by atoms with E-state index in [9.17, 15) is 0 Å². The van der Waals surface area contributed by atoms with Crippen LogP contribution in [0.1, 0.15) is 46.0 Å². The quantitative estimate of drug-likeness (QED) is 0.583. The largest absolute Gasteiger partial charge is 0.316 e. The second-order valence-electron chi connectivity index (χ2n) is 5.31. The first-order valence-corrected chi connectivity index (χ1v) is 6.16. The van der Waals surface area contributed by atoms with E-state index in [4.69, 9.17) is 0 Å². The van der Waals surface area contributed by atoms with Crippen molar-refractivity contribution in [1.82, 2.24) is 5.32 Å². The summed E-state index contributed by atoms with van der Waals surface area (Å²) < 4.78 is 0. The molecule has 1 nitrogen and oxygen atoms in total. The fourth-order valence-electron chi connectivity index (χ4n) is 3.15. The SMILES string of the molecule is CC1CC(=C2CCNCC2)CC(C)C1. The number of piperidine rings is 1. The van der Waals surface area contributed by atoms with E-state index >= 15 is 0 Å². The van der Waals surface area contributed by atoms with Gasteiger partial charge < -0.3 is 5.32 Å². The zero-order valence-electron chi connectivity index (χ0n) is 9.60. The van der Waals surface area contributed by atoms with Crippen LogP contribution in [-0.4, -0.2) is 13.1 Å². The van der Waals surface area contributed by atoms with Crippen LogP contribution in [0.25, 0.3) is 0 Å². The first-order valence-electron chi connectivity index (χ1n) is 6.16. The zero-order chi connectivity index (χ0) is 9.97. The smallest absolute Gasteiger partial charge is 0.00114 e. The maximum Gasteiger partial charge on any atom is -0.00114 e. The molecule has 0 amide bonds. The third kappa shape index (κ3) is 2.38. The molecule has 1 saturated carbocycles. The molecular weight excluding hydrogens is 170 g/mol. The van der Waals surface area contributed by atoms with Gasteiger partial charge in [-0.1, -0.05) is 25.0 Å². The first kappa shape index (κ1) is 10.2. The molecule has 14 heavy (non-hydrogen) atoms. The van der Waals surface area contributed by atoms with Crippen LogP contribution in [0.4, 0.5) is 0 Å². The lowest BCUT2D eigenvalue weighted by atomic mass is 9.77. The normalized spacial score (nSPS) is 34.7. The minimum Gasteiger partial charge on any atom is -0.316 e. The lowest BCUT2D eigenvalue weighted by Gasteiger charge is -2.30. The van der Waals surface area contributed by atoms with Crippen molar-refractivity contribution in [3.8, 4) is 0 Å². The van der Waals surface area contributed by atoms with E-state index in [-0.39, 0.29) is 0 Å². The summed E-state index contributed by atoms with van der Waals surface area (Å²) in [7, 11) is 0. The van der Waals surface area contributed by atoms with Gasteiger partial charge >= 0.3 is 0 Å². The lowest BCUT2D eigenvalue weighted by Crippen LogP contribution is -2.25. The van der Waals surface area contributed by atoms with Crippen molar-refractivity contribution >= 4 is 0 Å². The second kappa shape index (κ2) is 4.48. The molecule has 1 heterocycles. The highest BCUT2D eigenvalue weighted by atomic mass is 14.9. The van der Waals surface area contributed by atoms with E-state index in [1.165, 1.54) is 45.2 Å². The number of rotatable bonds is 0. The monoisotopic (exact) mass is 193 g/mol. The minimum atomic E-state index is 0.927. The summed E-state index contributed by atoms with van der Waals surface area (Å²) in [4.78, 5) is 0. The predicted octanol–water partition coefficient (Wildman–Crippen LogP) is 3.12. The van der Waals surface area contributed by atoms with Crippen molar-refractivity contribution in [2.24, 2.45) is 11.8 Å². The summed E-state index contributed by atoms with van der Waals surface area (Å²) >= 11 is 0. The molecule has 2 unspecified atom stereocenters. The molecule has 0 spiro atoms. The van der Waals surface area contributed by atoms with Gasteiger partial charge in [0.2, 0.25) is 0 Å². The second-order valence-corrected chi connectivity index (χ2v) is 5.31. The lowest BCUT2D eigenvalue weighted by molar-refractivity contribution is 0.353. The van der Waals surface area contributed by atoms with Crippen molar-refractivity contribution in [2.75, 3.05) is 13.1 Å². The summed E-state index contributed by atoms with van der Waals surface area (Å²) in [6, 6.07) is 0. The third-order valence-corrected chi connectivity index (χ3v) is 3.70. The third-order valence-electron chi connectivity index (χ3n) is 3.70. The Morgan fingerprint density at radius 3 is 2.07 bits per heavy atom. The van der Waals surface area contributed by atoms with Crippen LogP contribution < -0.4 is 5.32 Å². The Balaban J connectivity index is 2.06. The van der Waals surface area contributed by atoms with Crippen LogP contribution in [0.2, 0.25) is 0 Å². The maximum atomic E-state index is 3.44.